The molecule has 5 heterocycles. The highest BCUT2D eigenvalue weighted by molar-refractivity contribution is 6.90. The van der Waals surface area contributed by atoms with Gasteiger partial charge in [0, 0.05) is 25.6 Å². The molecule has 0 radical (unpaired) electrons. The predicted molar refractivity (Wildman–Crippen MR) is 219 cm³/mol. The fourth-order valence-electron chi connectivity index (χ4n) is 10.1. The number of aliphatic hydroxyl groups is 1. The Balaban J connectivity index is 1.36. The van der Waals surface area contributed by atoms with Crippen LogP contribution in [0.2, 0.25) is 16.6 Å². The third kappa shape index (κ3) is 7.57. The molecule has 0 amide bonds. The number of hydrogen-bond acceptors (Lipinski definition) is 9. The highest BCUT2D eigenvalue weighted by Gasteiger charge is 2.45. The minimum Gasteiger partial charge on any atom is -0.474 e. The fraction of sp³-hybridized carbons (Fsp3) is 0.605. The lowest BCUT2D eigenvalue weighted by Crippen LogP contribution is -2.47. The molecule has 1 atom stereocenters. The molecule has 4 aromatic rings. The first-order chi connectivity index (χ1) is 26.3. The Kier molecular flexibility index (Phi) is 11.2. The Morgan fingerprint density at radius 1 is 0.945 bits per heavy atom. The molecule has 0 spiro atoms. The summed E-state index contributed by atoms with van der Waals surface area (Å²) in [5, 5.41) is 12.6. The second-order valence-corrected chi connectivity index (χ2v) is 23.0. The normalized spacial score (nSPS) is 20.2. The van der Waals surface area contributed by atoms with Crippen molar-refractivity contribution in [3.8, 4) is 23.1 Å². The van der Waals surface area contributed by atoms with E-state index in [0.29, 0.717) is 70.6 Å². The molecular weight excluding hydrogens is 712 g/mol. The first-order valence-electron chi connectivity index (χ1n) is 20.2. The molecular formula is C43H59FN6O4Si. The molecule has 3 saturated heterocycles. The number of ether oxygens (including phenoxy) is 3. The molecule has 3 aliphatic heterocycles. The number of hydrogen-bond donors (Lipinski definition) is 1. The largest absolute Gasteiger partial charge is 0.474 e. The summed E-state index contributed by atoms with van der Waals surface area (Å²) in [4.78, 5) is 19.6. The Morgan fingerprint density at radius 3 is 2.33 bits per heavy atom. The fourth-order valence-corrected chi connectivity index (χ4v) is 15.3. The summed E-state index contributed by atoms with van der Waals surface area (Å²) in [6.07, 6.45) is 7.89. The highest BCUT2D eigenvalue weighted by atomic mass is 28.3. The van der Waals surface area contributed by atoms with Gasteiger partial charge in [0.05, 0.1) is 29.6 Å². The second-order valence-electron chi connectivity index (χ2n) is 17.4. The van der Waals surface area contributed by atoms with Crippen LogP contribution in [0.4, 0.5) is 10.3 Å². The minimum atomic E-state index is -2.17. The summed E-state index contributed by atoms with van der Waals surface area (Å²) in [5.74, 6) is 4.69. The molecule has 296 valence electrons. The molecule has 2 aromatic carbocycles. The zero-order valence-electron chi connectivity index (χ0n) is 34.0. The summed E-state index contributed by atoms with van der Waals surface area (Å²) in [6.45, 7) is 19.8. The molecule has 2 aromatic heterocycles. The van der Waals surface area contributed by atoms with Crippen LogP contribution in [0, 0.1) is 17.3 Å². The van der Waals surface area contributed by atoms with Crippen molar-refractivity contribution in [2.24, 2.45) is 0 Å². The molecule has 55 heavy (non-hydrogen) atoms. The lowest BCUT2D eigenvalue weighted by molar-refractivity contribution is 0.0444. The van der Waals surface area contributed by atoms with E-state index in [1.54, 1.807) is 19.5 Å². The van der Waals surface area contributed by atoms with Gasteiger partial charge in [0.25, 0.3) is 0 Å². The lowest BCUT2D eigenvalue weighted by Gasteiger charge is -2.38. The molecule has 12 heteroatoms. The number of nitrogens with zero attached hydrogens (tertiary/aromatic N) is 6. The molecule has 0 unspecified atom stereocenters. The van der Waals surface area contributed by atoms with Gasteiger partial charge in [-0.1, -0.05) is 53.5 Å². The van der Waals surface area contributed by atoms with Gasteiger partial charge in [0.15, 0.2) is 18.0 Å². The molecule has 3 fully saturated rings. The topological polar surface area (TPSA) is 98.0 Å². The van der Waals surface area contributed by atoms with Crippen LogP contribution in [-0.2, 0) is 11.3 Å². The van der Waals surface area contributed by atoms with Crippen LogP contribution in [0.15, 0.2) is 30.6 Å². The van der Waals surface area contributed by atoms with E-state index in [2.05, 4.69) is 62.8 Å². The van der Waals surface area contributed by atoms with Crippen LogP contribution >= 0.6 is 0 Å². The van der Waals surface area contributed by atoms with Crippen molar-refractivity contribution in [3.05, 3.63) is 47.5 Å². The Labute approximate surface area is 326 Å². The smallest absolute Gasteiger partial charge is 0.247 e. The van der Waals surface area contributed by atoms with Gasteiger partial charge in [0.1, 0.15) is 26.2 Å². The van der Waals surface area contributed by atoms with Gasteiger partial charge >= 0.3 is 0 Å². The van der Waals surface area contributed by atoms with Crippen molar-refractivity contribution in [1.29, 1.82) is 0 Å². The van der Waals surface area contributed by atoms with E-state index in [1.807, 2.05) is 23.6 Å². The van der Waals surface area contributed by atoms with Crippen LogP contribution in [0.1, 0.15) is 98.1 Å². The van der Waals surface area contributed by atoms with E-state index in [0.717, 1.165) is 61.7 Å². The third-order valence-corrected chi connectivity index (χ3v) is 19.0. The predicted octanol–water partition coefficient (Wildman–Crippen LogP) is 8.08. The van der Waals surface area contributed by atoms with Gasteiger partial charge in [-0.3, -0.25) is 4.90 Å². The molecule has 0 saturated carbocycles. The Bertz CT molecular complexity index is 2060. The van der Waals surface area contributed by atoms with Crippen molar-refractivity contribution < 1.29 is 23.7 Å². The zero-order valence-corrected chi connectivity index (χ0v) is 35.0. The van der Waals surface area contributed by atoms with Gasteiger partial charge in [-0.25, -0.2) is 9.37 Å². The number of fused-ring (bicyclic) bond motifs is 3. The summed E-state index contributed by atoms with van der Waals surface area (Å²) >= 11 is 0. The minimum absolute atomic E-state index is 0.0268. The summed E-state index contributed by atoms with van der Waals surface area (Å²) in [5.41, 5.74) is 6.58. The molecule has 1 N–H and O–H groups in total. The van der Waals surface area contributed by atoms with Crippen LogP contribution in [-0.4, -0.2) is 95.4 Å². The number of anilines is 1. The van der Waals surface area contributed by atoms with Gasteiger partial charge < -0.3 is 28.8 Å². The van der Waals surface area contributed by atoms with Crippen LogP contribution in [0.3, 0.4) is 0 Å². The number of halogens is 1. The number of piperidine rings is 1. The number of aromatic nitrogens is 4. The summed E-state index contributed by atoms with van der Waals surface area (Å²) in [7, 11) is -0.583. The zero-order chi connectivity index (χ0) is 39.1. The van der Waals surface area contributed by atoms with Gasteiger partial charge in [-0.15, -0.1) is 5.54 Å². The lowest BCUT2D eigenvalue weighted by atomic mass is 9.95. The average Bonchev–Trinajstić information content (AvgIpc) is 3.84. The van der Waals surface area contributed by atoms with Crippen molar-refractivity contribution >= 4 is 36.0 Å². The van der Waals surface area contributed by atoms with Crippen molar-refractivity contribution in [3.63, 3.8) is 0 Å². The number of benzene rings is 2. The average molecular weight is 771 g/mol. The van der Waals surface area contributed by atoms with Crippen molar-refractivity contribution in [2.45, 2.75) is 121 Å². The molecule has 7 rings (SSSR count). The van der Waals surface area contributed by atoms with E-state index >= 15 is 4.39 Å². The van der Waals surface area contributed by atoms with Crippen molar-refractivity contribution in [2.75, 3.05) is 51.6 Å². The quantitative estimate of drug-likeness (QED) is 0.0872. The molecule has 3 aliphatic rings. The second kappa shape index (κ2) is 15.6. The van der Waals surface area contributed by atoms with E-state index < -0.39 is 13.7 Å². The number of imidazole rings is 1. The number of rotatable bonds is 12. The van der Waals surface area contributed by atoms with E-state index in [9.17, 15) is 5.11 Å². The van der Waals surface area contributed by atoms with Crippen LogP contribution < -0.4 is 14.4 Å². The first-order valence-corrected chi connectivity index (χ1v) is 22.5. The van der Waals surface area contributed by atoms with Gasteiger partial charge in [-0.05, 0) is 104 Å². The van der Waals surface area contributed by atoms with Crippen LogP contribution in [0.5, 0.6) is 11.6 Å². The Morgan fingerprint density at radius 2 is 1.65 bits per heavy atom. The first kappa shape index (κ1) is 39.5. The van der Waals surface area contributed by atoms with E-state index in [1.165, 1.54) is 18.9 Å². The summed E-state index contributed by atoms with van der Waals surface area (Å²) in [6, 6.07) is 7.19. The maximum Gasteiger partial charge on any atom is 0.247 e. The Hall–Kier alpha value is -3.76. The molecule has 0 aliphatic carbocycles. The van der Waals surface area contributed by atoms with E-state index in [-0.39, 0.29) is 18.1 Å². The van der Waals surface area contributed by atoms with Crippen LogP contribution in [0.25, 0.3) is 21.9 Å². The maximum absolute atomic E-state index is 16.2. The standard InChI is InChI=1S/C43H59FN6O4Si/c1-29(2)55(30(3)4,31(5)6)21-14-35-36(44)13-12-32-22-34(54-28-52-8)23-33(37(32)35)24-49-27-45-38-39(49)46-41(48-18-9-15-42(7,51)25-48)47-40(38)53-26-43-16-10-19-50(43)20-11-17-43/h12-13,22-23,27,29-31,51H,9-11,15-20,24-26,28H2,1-8H3/t42-/m0/s1. The van der Waals surface area contributed by atoms with Gasteiger partial charge in [0.2, 0.25) is 11.8 Å². The molecule has 0 bridgehead atoms. The molecule has 10 nitrogen and oxygen atoms in total. The maximum atomic E-state index is 16.2. The van der Waals surface area contributed by atoms with Gasteiger partial charge in [-0.2, -0.15) is 9.97 Å². The monoisotopic (exact) mass is 770 g/mol. The number of methoxy groups -OCH3 is 1. The SMILES string of the molecule is COCOc1cc(Cn2cnc3c(OCC45CCCN4CCC5)nc(N4CCC[C@](C)(O)C4)nc32)c2c(C#C[Si](C(C)C)(C(C)C)C(C)C)c(F)ccc2c1. The number of β-amino-alcohol motifs (C(OH)–C–C–N with tert-alkyl or cyclic N) is 1. The summed E-state index contributed by atoms with van der Waals surface area (Å²) < 4.78 is 36.1. The highest BCUT2D eigenvalue weighted by Crippen LogP contribution is 2.42. The third-order valence-electron chi connectivity index (χ3n) is 12.7. The van der Waals surface area contributed by atoms with E-state index in [4.69, 9.17) is 29.2 Å². The van der Waals surface area contributed by atoms with Crippen molar-refractivity contribution in [1.82, 2.24) is 24.4 Å².